The smallest absolute Gasteiger partial charge is 0.185 e. The van der Waals surface area contributed by atoms with Crippen molar-refractivity contribution in [3.8, 4) is 0 Å². The molecule has 30 heavy (non-hydrogen) atoms. The van der Waals surface area contributed by atoms with Crippen molar-refractivity contribution < 1.29 is 4.79 Å². The fourth-order valence-corrected chi connectivity index (χ4v) is 4.12. The first-order valence-corrected chi connectivity index (χ1v) is 11.2. The van der Waals surface area contributed by atoms with Crippen molar-refractivity contribution in [1.82, 2.24) is 0 Å². The number of nitrogens with zero attached hydrogens (tertiary/aromatic N) is 2. The Morgan fingerprint density at radius 3 is 1.27 bits per heavy atom. The van der Waals surface area contributed by atoms with E-state index in [0.29, 0.717) is 0 Å². The summed E-state index contributed by atoms with van der Waals surface area (Å²) in [5.41, 5.74) is 6.48. The van der Waals surface area contributed by atoms with E-state index < -0.39 is 0 Å². The monoisotopic (exact) mass is 402 g/mol. The Kier molecular flexibility index (Phi) is 7.51. The summed E-state index contributed by atoms with van der Waals surface area (Å²) in [7, 11) is 0. The van der Waals surface area contributed by atoms with Crippen LogP contribution < -0.4 is 9.80 Å². The molecule has 3 rings (SSSR count). The highest BCUT2D eigenvalue weighted by atomic mass is 16.1. The van der Waals surface area contributed by atoms with Crippen molar-refractivity contribution in [2.75, 3.05) is 36.0 Å². The molecule has 0 bridgehead atoms. The minimum atomic E-state index is 0.190. The van der Waals surface area contributed by atoms with E-state index in [1.165, 1.54) is 11.4 Å². The lowest BCUT2D eigenvalue weighted by atomic mass is 10.1. The van der Waals surface area contributed by atoms with E-state index >= 15 is 0 Å². The van der Waals surface area contributed by atoms with Crippen LogP contribution in [0.3, 0.4) is 0 Å². The average Bonchev–Trinajstić information content (AvgIpc) is 3.11. The van der Waals surface area contributed by atoms with E-state index in [1.807, 2.05) is 0 Å². The molecule has 3 nitrogen and oxygen atoms in total. The predicted molar refractivity (Wildman–Crippen MR) is 130 cm³/mol. The molecule has 158 valence electrons. The first-order chi connectivity index (χ1) is 14.6. The molecule has 0 radical (unpaired) electrons. The first-order valence-electron chi connectivity index (χ1n) is 11.2. The zero-order chi connectivity index (χ0) is 21.5. The molecule has 0 spiro atoms. The van der Waals surface area contributed by atoms with E-state index in [9.17, 15) is 4.79 Å². The van der Waals surface area contributed by atoms with Crippen molar-refractivity contribution in [2.45, 2.75) is 40.5 Å². The highest BCUT2D eigenvalue weighted by Crippen LogP contribution is 2.30. The standard InChI is InChI=1S/C27H34N2O/c1-5-28(6-2)25-15-9-21(10-16-25)19-23-13-14-24(27(23)30)20-22-11-17-26(18-12-22)29(7-3)8-4/h9-12,15-20H,5-8,13-14H2,1-4H3/b23-19+,24-20+. The Labute approximate surface area is 181 Å². The van der Waals surface area contributed by atoms with Crippen molar-refractivity contribution in [1.29, 1.82) is 0 Å². The molecule has 1 aliphatic carbocycles. The number of carbonyl (C=O) groups is 1. The third-order valence-corrected chi connectivity index (χ3v) is 5.97. The third-order valence-electron chi connectivity index (χ3n) is 5.97. The van der Waals surface area contributed by atoms with E-state index in [1.54, 1.807) is 0 Å². The van der Waals surface area contributed by atoms with Crippen molar-refractivity contribution in [2.24, 2.45) is 0 Å². The van der Waals surface area contributed by atoms with Gasteiger partial charge in [0.15, 0.2) is 5.78 Å². The molecule has 1 aliphatic rings. The van der Waals surface area contributed by atoms with Gasteiger partial charge in [-0.15, -0.1) is 0 Å². The topological polar surface area (TPSA) is 23.6 Å². The van der Waals surface area contributed by atoms with Gasteiger partial charge in [-0.25, -0.2) is 0 Å². The Hall–Kier alpha value is -2.81. The van der Waals surface area contributed by atoms with E-state index in [4.69, 9.17) is 0 Å². The number of hydrogen-bond donors (Lipinski definition) is 0. The Morgan fingerprint density at radius 1 is 0.633 bits per heavy atom. The maximum Gasteiger partial charge on any atom is 0.185 e. The van der Waals surface area contributed by atoms with Gasteiger partial charge in [0.2, 0.25) is 0 Å². The number of ketones is 1. The maximum absolute atomic E-state index is 12.9. The summed E-state index contributed by atoms with van der Waals surface area (Å²) < 4.78 is 0. The third kappa shape index (κ3) is 5.02. The van der Waals surface area contributed by atoms with Gasteiger partial charge in [-0.3, -0.25) is 4.79 Å². The van der Waals surface area contributed by atoms with Crippen LogP contribution in [0, 0.1) is 0 Å². The lowest BCUT2D eigenvalue weighted by Crippen LogP contribution is -2.21. The Balaban J connectivity index is 1.72. The second-order valence-electron chi connectivity index (χ2n) is 7.70. The Bertz CT molecular complexity index is 823. The highest BCUT2D eigenvalue weighted by molar-refractivity contribution is 6.15. The summed E-state index contributed by atoms with van der Waals surface area (Å²) >= 11 is 0. The molecule has 0 saturated heterocycles. The van der Waals surface area contributed by atoms with Crippen LogP contribution in [0.2, 0.25) is 0 Å². The van der Waals surface area contributed by atoms with Crippen LogP contribution in [0.25, 0.3) is 12.2 Å². The van der Waals surface area contributed by atoms with Gasteiger partial charge in [-0.1, -0.05) is 24.3 Å². The lowest BCUT2D eigenvalue weighted by molar-refractivity contribution is -0.111. The molecule has 0 aromatic heterocycles. The average molecular weight is 403 g/mol. The number of carbonyl (C=O) groups excluding carboxylic acids is 1. The van der Waals surface area contributed by atoms with Crippen LogP contribution in [0.4, 0.5) is 11.4 Å². The number of anilines is 2. The molecular weight excluding hydrogens is 368 g/mol. The Morgan fingerprint density at radius 2 is 0.967 bits per heavy atom. The van der Waals surface area contributed by atoms with Gasteiger partial charge in [-0.2, -0.15) is 0 Å². The van der Waals surface area contributed by atoms with Gasteiger partial charge in [0, 0.05) is 48.7 Å². The number of allylic oxidation sites excluding steroid dienone is 2. The minimum absolute atomic E-state index is 0.190. The van der Waals surface area contributed by atoms with Crippen LogP contribution in [0.5, 0.6) is 0 Å². The van der Waals surface area contributed by atoms with Crippen molar-refractivity contribution in [3.63, 3.8) is 0 Å². The first kappa shape index (κ1) is 21.9. The molecule has 0 heterocycles. The van der Waals surface area contributed by atoms with Crippen molar-refractivity contribution >= 4 is 29.3 Å². The molecule has 1 saturated carbocycles. The maximum atomic E-state index is 12.9. The molecule has 0 amide bonds. The van der Waals surface area contributed by atoms with E-state index in [-0.39, 0.29) is 5.78 Å². The summed E-state index contributed by atoms with van der Waals surface area (Å²) in [4.78, 5) is 17.5. The summed E-state index contributed by atoms with van der Waals surface area (Å²) in [6.07, 6.45) is 5.75. The molecule has 2 aromatic rings. The quantitative estimate of drug-likeness (QED) is 0.491. The molecular formula is C27H34N2O. The number of Topliss-reactive ketones (excluding diaryl/α,β-unsaturated/α-hetero) is 1. The summed E-state index contributed by atoms with van der Waals surface area (Å²) in [6.45, 7) is 12.7. The normalized spacial score (nSPS) is 16.5. The molecule has 1 fully saturated rings. The fourth-order valence-electron chi connectivity index (χ4n) is 4.12. The summed E-state index contributed by atoms with van der Waals surface area (Å²) in [6, 6.07) is 17.0. The van der Waals surface area contributed by atoms with Gasteiger partial charge < -0.3 is 9.80 Å². The van der Waals surface area contributed by atoms with Crippen molar-refractivity contribution in [3.05, 3.63) is 70.8 Å². The molecule has 0 atom stereocenters. The second-order valence-corrected chi connectivity index (χ2v) is 7.70. The molecule has 2 aromatic carbocycles. The lowest BCUT2D eigenvalue weighted by Gasteiger charge is -2.20. The van der Waals surface area contributed by atoms with Gasteiger partial charge in [0.1, 0.15) is 0 Å². The number of rotatable bonds is 8. The van der Waals surface area contributed by atoms with E-state index in [0.717, 1.165) is 61.3 Å². The van der Waals surface area contributed by atoms with Crippen LogP contribution in [0.15, 0.2) is 59.7 Å². The minimum Gasteiger partial charge on any atom is -0.372 e. The van der Waals surface area contributed by atoms with Gasteiger partial charge in [0.05, 0.1) is 0 Å². The van der Waals surface area contributed by atoms with Crippen LogP contribution >= 0.6 is 0 Å². The van der Waals surface area contributed by atoms with Crippen LogP contribution in [0.1, 0.15) is 51.7 Å². The molecule has 0 aliphatic heterocycles. The SMILES string of the molecule is CCN(CC)c1ccc(/C=C2\CC/C(=C\c3ccc(N(CC)CC)cc3)C2=O)cc1. The zero-order valence-corrected chi connectivity index (χ0v) is 18.8. The molecule has 0 unspecified atom stereocenters. The van der Waals surface area contributed by atoms with Gasteiger partial charge >= 0.3 is 0 Å². The number of hydrogen-bond acceptors (Lipinski definition) is 3. The second kappa shape index (κ2) is 10.3. The van der Waals surface area contributed by atoms with Gasteiger partial charge in [-0.05, 0) is 88.1 Å². The summed E-state index contributed by atoms with van der Waals surface area (Å²) in [5.74, 6) is 0.190. The van der Waals surface area contributed by atoms with Crippen LogP contribution in [-0.2, 0) is 4.79 Å². The molecule has 3 heteroatoms. The van der Waals surface area contributed by atoms with Crippen LogP contribution in [-0.4, -0.2) is 32.0 Å². The van der Waals surface area contributed by atoms with E-state index in [2.05, 4.69) is 98.2 Å². The van der Waals surface area contributed by atoms with Gasteiger partial charge in [0.25, 0.3) is 0 Å². The fraction of sp³-hybridized carbons (Fsp3) is 0.370. The highest BCUT2D eigenvalue weighted by Gasteiger charge is 2.22. The molecule has 0 N–H and O–H groups in total. The zero-order valence-electron chi connectivity index (χ0n) is 18.8. The number of benzene rings is 2. The predicted octanol–water partition coefficient (Wildman–Crippen LogP) is 6.21. The summed E-state index contributed by atoms with van der Waals surface area (Å²) in [5, 5.41) is 0. The largest absolute Gasteiger partial charge is 0.372 e.